The summed E-state index contributed by atoms with van der Waals surface area (Å²) in [5.74, 6) is 2.42. The number of anilines is 2. The van der Waals surface area contributed by atoms with E-state index in [0.717, 1.165) is 23.8 Å². The molecule has 2 saturated carbocycles. The van der Waals surface area contributed by atoms with Crippen LogP contribution in [0.25, 0.3) is 11.2 Å². The Balaban J connectivity index is 1.60. The second-order valence-corrected chi connectivity index (χ2v) is 5.74. The molecule has 0 saturated heterocycles. The maximum Gasteiger partial charge on any atom is 0.226 e. The van der Waals surface area contributed by atoms with Gasteiger partial charge in [-0.25, -0.2) is 4.98 Å². The first-order valence-corrected chi connectivity index (χ1v) is 6.93. The number of nitrogens with zero attached hydrogens (tertiary/aromatic N) is 3. The van der Waals surface area contributed by atoms with E-state index >= 15 is 0 Å². The van der Waals surface area contributed by atoms with Gasteiger partial charge in [-0.2, -0.15) is 9.97 Å². The Hall–Kier alpha value is -1.85. The van der Waals surface area contributed by atoms with E-state index in [2.05, 4.69) is 30.6 Å². The van der Waals surface area contributed by atoms with Crippen LogP contribution in [0.5, 0.6) is 0 Å². The van der Waals surface area contributed by atoms with Crippen molar-refractivity contribution >= 4 is 22.9 Å². The van der Waals surface area contributed by atoms with Crippen molar-refractivity contribution in [2.75, 3.05) is 24.2 Å². The van der Waals surface area contributed by atoms with Crippen molar-refractivity contribution in [3.05, 3.63) is 6.33 Å². The minimum Gasteiger partial charge on any atom is -0.368 e. The zero-order chi connectivity index (χ0) is 12.9. The smallest absolute Gasteiger partial charge is 0.226 e. The topological polar surface area (TPSA) is 78.5 Å². The van der Waals surface area contributed by atoms with Gasteiger partial charge in [0.25, 0.3) is 0 Å². The Labute approximate surface area is 111 Å². The predicted octanol–water partition coefficient (Wildman–Crippen LogP) is 2.00. The number of aromatic amines is 1. The van der Waals surface area contributed by atoms with E-state index in [0.29, 0.717) is 17.0 Å². The summed E-state index contributed by atoms with van der Waals surface area (Å²) in [4.78, 5) is 16.1. The molecule has 2 aromatic heterocycles. The molecule has 0 bridgehead atoms. The van der Waals surface area contributed by atoms with Gasteiger partial charge in [0.2, 0.25) is 5.95 Å². The highest BCUT2D eigenvalue weighted by Gasteiger charge is 2.53. The van der Waals surface area contributed by atoms with Crippen LogP contribution in [0.3, 0.4) is 0 Å². The van der Waals surface area contributed by atoms with E-state index in [9.17, 15) is 0 Å². The number of aromatic nitrogens is 4. The number of imidazole rings is 1. The standard InChI is InChI=1S/C13H18N6/c1-14-12-18-10(9-11(19-12)17-7-16-9)15-6-13(4-5-13)8-2-3-8/h7-8H,2-6H2,1H3,(H3,14,15,16,17,18,19). The van der Waals surface area contributed by atoms with Gasteiger partial charge < -0.3 is 15.6 Å². The Bertz CT molecular complexity index is 611. The van der Waals surface area contributed by atoms with Crippen molar-refractivity contribution in [3.8, 4) is 0 Å². The van der Waals surface area contributed by atoms with Crippen LogP contribution in [0, 0.1) is 11.3 Å². The lowest BCUT2D eigenvalue weighted by molar-refractivity contribution is 0.466. The average molecular weight is 258 g/mol. The third-order valence-electron chi connectivity index (χ3n) is 4.45. The lowest BCUT2D eigenvalue weighted by Crippen LogP contribution is -2.18. The fourth-order valence-electron chi connectivity index (χ4n) is 2.92. The first-order valence-electron chi connectivity index (χ1n) is 6.93. The molecule has 19 heavy (non-hydrogen) atoms. The molecule has 0 unspecified atom stereocenters. The molecule has 2 fully saturated rings. The maximum absolute atomic E-state index is 4.50. The highest BCUT2D eigenvalue weighted by Crippen LogP contribution is 2.61. The van der Waals surface area contributed by atoms with E-state index in [4.69, 9.17) is 0 Å². The fraction of sp³-hybridized carbons (Fsp3) is 0.615. The largest absolute Gasteiger partial charge is 0.368 e. The summed E-state index contributed by atoms with van der Waals surface area (Å²) in [6.07, 6.45) is 7.21. The first-order chi connectivity index (χ1) is 9.31. The maximum atomic E-state index is 4.50. The molecule has 0 aliphatic heterocycles. The summed E-state index contributed by atoms with van der Waals surface area (Å²) >= 11 is 0. The monoisotopic (exact) mass is 258 g/mol. The van der Waals surface area contributed by atoms with Crippen molar-refractivity contribution < 1.29 is 0 Å². The molecule has 6 heteroatoms. The van der Waals surface area contributed by atoms with Crippen molar-refractivity contribution in [2.45, 2.75) is 25.7 Å². The van der Waals surface area contributed by atoms with E-state index < -0.39 is 0 Å². The molecule has 0 spiro atoms. The quantitative estimate of drug-likeness (QED) is 0.764. The highest BCUT2D eigenvalue weighted by molar-refractivity contribution is 5.83. The van der Waals surface area contributed by atoms with E-state index in [-0.39, 0.29) is 0 Å². The minimum atomic E-state index is 0.553. The number of fused-ring (bicyclic) bond motifs is 1. The second-order valence-electron chi connectivity index (χ2n) is 5.74. The van der Waals surface area contributed by atoms with Crippen LogP contribution in [0.2, 0.25) is 0 Å². The molecule has 2 aromatic rings. The summed E-state index contributed by atoms with van der Waals surface area (Å²) in [5.41, 5.74) is 2.15. The molecule has 0 radical (unpaired) electrons. The highest BCUT2D eigenvalue weighted by atomic mass is 15.2. The molecular formula is C13H18N6. The summed E-state index contributed by atoms with van der Waals surface area (Å²) in [7, 11) is 1.82. The van der Waals surface area contributed by atoms with Gasteiger partial charge in [0.15, 0.2) is 11.5 Å². The van der Waals surface area contributed by atoms with E-state index in [1.807, 2.05) is 7.05 Å². The Kier molecular flexibility index (Phi) is 2.22. The van der Waals surface area contributed by atoms with Crippen LogP contribution in [-0.2, 0) is 0 Å². The Morgan fingerprint density at radius 1 is 1.37 bits per heavy atom. The number of nitrogens with one attached hydrogen (secondary N) is 3. The molecule has 6 nitrogen and oxygen atoms in total. The molecule has 0 atom stereocenters. The van der Waals surface area contributed by atoms with Crippen LogP contribution in [-0.4, -0.2) is 33.5 Å². The molecule has 2 heterocycles. The molecule has 2 aliphatic carbocycles. The van der Waals surface area contributed by atoms with Crippen molar-refractivity contribution in [1.82, 2.24) is 19.9 Å². The van der Waals surface area contributed by atoms with Crippen molar-refractivity contribution in [3.63, 3.8) is 0 Å². The molecule has 2 aliphatic rings. The summed E-state index contributed by atoms with van der Waals surface area (Å²) in [5, 5.41) is 6.49. The molecule has 3 N–H and O–H groups in total. The Morgan fingerprint density at radius 2 is 2.21 bits per heavy atom. The molecule has 4 rings (SSSR count). The van der Waals surface area contributed by atoms with Crippen molar-refractivity contribution in [2.24, 2.45) is 11.3 Å². The zero-order valence-electron chi connectivity index (χ0n) is 11.0. The van der Waals surface area contributed by atoms with Gasteiger partial charge >= 0.3 is 0 Å². The van der Waals surface area contributed by atoms with Crippen LogP contribution in [0.4, 0.5) is 11.8 Å². The first kappa shape index (κ1) is 11.0. The number of rotatable bonds is 5. The van der Waals surface area contributed by atoms with Gasteiger partial charge in [0, 0.05) is 13.6 Å². The lowest BCUT2D eigenvalue weighted by atomic mass is 10.0. The van der Waals surface area contributed by atoms with Crippen LogP contribution >= 0.6 is 0 Å². The fourth-order valence-corrected chi connectivity index (χ4v) is 2.92. The van der Waals surface area contributed by atoms with Gasteiger partial charge in [0.1, 0.15) is 5.52 Å². The predicted molar refractivity (Wildman–Crippen MR) is 74.1 cm³/mol. The third-order valence-corrected chi connectivity index (χ3v) is 4.45. The summed E-state index contributed by atoms with van der Waals surface area (Å²) in [6, 6.07) is 0. The van der Waals surface area contributed by atoms with Crippen LogP contribution in [0.1, 0.15) is 25.7 Å². The summed E-state index contributed by atoms with van der Waals surface area (Å²) in [6.45, 7) is 1.02. The second kappa shape index (κ2) is 3.82. The van der Waals surface area contributed by atoms with Crippen LogP contribution in [0.15, 0.2) is 6.33 Å². The minimum absolute atomic E-state index is 0.553. The number of hydrogen-bond acceptors (Lipinski definition) is 5. The lowest BCUT2D eigenvalue weighted by Gasteiger charge is -2.16. The van der Waals surface area contributed by atoms with E-state index in [1.54, 1.807) is 6.33 Å². The third kappa shape index (κ3) is 1.82. The molecule has 100 valence electrons. The van der Waals surface area contributed by atoms with Gasteiger partial charge in [0.05, 0.1) is 6.33 Å². The van der Waals surface area contributed by atoms with Gasteiger partial charge in [-0.15, -0.1) is 0 Å². The normalized spacial score (nSPS) is 20.5. The van der Waals surface area contributed by atoms with E-state index in [1.165, 1.54) is 25.7 Å². The van der Waals surface area contributed by atoms with Gasteiger partial charge in [-0.05, 0) is 37.0 Å². The molecule has 0 amide bonds. The molecule has 0 aromatic carbocycles. The van der Waals surface area contributed by atoms with Crippen molar-refractivity contribution in [1.29, 1.82) is 0 Å². The van der Waals surface area contributed by atoms with Gasteiger partial charge in [-0.1, -0.05) is 0 Å². The summed E-state index contributed by atoms with van der Waals surface area (Å²) < 4.78 is 0. The van der Waals surface area contributed by atoms with Gasteiger partial charge in [-0.3, -0.25) is 0 Å². The number of H-pyrrole nitrogens is 1. The zero-order valence-corrected chi connectivity index (χ0v) is 11.0. The SMILES string of the molecule is CNc1nc(NCC2(C3CC3)CC2)c2[nH]cnc2n1. The molecular weight excluding hydrogens is 240 g/mol. The number of hydrogen-bond donors (Lipinski definition) is 3. The van der Waals surface area contributed by atoms with Crippen LogP contribution < -0.4 is 10.6 Å². The Morgan fingerprint density at radius 3 is 2.89 bits per heavy atom. The average Bonchev–Trinajstić information content (AvgIpc) is 3.33.